The van der Waals surface area contributed by atoms with Crippen molar-refractivity contribution in [1.29, 1.82) is 0 Å². The van der Waals surface area contributed by atoms with Crippen molar-refractivity contribution in [2.24, 2.45) is 4.99 Å². The zero-order chi connectivity index (χ0) is 14.5. The van der Waals surface area contributed by atoms with Crippen LogP contribution in [-0.4, -0.2) is 59.7 Å². The van der Waals surface area contributed by atoms with Gasteiger partial charge in [0.1, 0.15) is 6.26 Å². The summed E-state index contributed by atoms with van der Waals surface area (Å²) in [5.74, 6) is 1.10. The van der Waals surface area contributed by atoms with Gasteiger partial charge in [-0.1, -0.05) is 5.16 Å². The number of hydrogen-bond acceptors (Lipinski definition) is 4. The van der Waals surface area contributed by atoms with Gasteiger partial charge in [-0.15, -0.1) is 24.0 Å². The van der Waals surface area contributed by atoms with Gasteiger partial charge < -0.3 is 14.7 Å². The maximum atomic E-state index is 4.89. The van der Waals surface area contributed by atoms with Crippen LogP contribution in [0.4, 0.5) is 0 Å². The summed E-state index contributed by atoms with van der Waals surface area (Å²) in [5.41, 5.74) is 1.01. The number of guanidine groups is 1. The van der Waals surface area contributed by atoms with Crippen LogP contribution < -0.4 is 5.32 Å². The standard InChI is InChI=1S/C15H25N5O.HI/c1-2-16-15(17-13-4-3-5-13)20-9-7-19(8-10-20)12-14-6-11-21-18-14;/h6,11,13H,2-5,7-10,12H2,1H3,(H,16,17);1H. The third-order valence-electron chi connectivity index (χ3n) is 4.29. The lowest BCUT2D eigenvalue weighted by molar-refractivity contribution is 0.167. The van der Waals surface area contributed by atoms with Crippen LogP contribution in [-0.2, 0) is 6.54 Å². The molecule has 1 saturated carbocycles. The third-order valence-corrected chi connectivity index (χ3v) is 4.29. The van der Waals surface area contributed by atoms with Crippen LogP contribution in [0.25, 0.3) is 0 Å². The van der Waals surface area contributed by atoms with Gasteiger partial charge in [0, 0.05) is 51.4 Å². The van der Waals surface area contributed by atoms with Crippen LogP contribution in [0, 0.1) is 0 Å². The van der Waals surface area contributed by atoms with E-state index in [1.807, 2.05) is 6.07 Å². The van der Waals surface area contributed by atoms with Crippen LogP contribution in [0.15, 0.2) is 21.8 Å². The molecule has 1 N–H and O–H groups in total. The number of nitrogens with zero attached hydrogens (tertiary/aromatic N) is 4. The van der Waals surface area contributed by atoms with Gasteiger partial charge in [-0.3, -0.25) is 9.89 Å². The highest BCUT2D eigenvalue weighted by molar-refractivity contribution is 14.0. The Kier molecular flexibility index (Phi) is 6.94. The summed E-state index contributed by atoms with van der Waals surface area (Å²) in [5, 5.41) is 7.60. The summed E-state index contributed by atoms with van der Waals surface area (Å²) in [7, 11) is 0. The van der Waals surface area contributed by atoms with Gasteiger partial charge in [0.25, 0.3) is 0 Å². The Labute approximate surface area is 149 Å². The first-order valence-electron chi connectivity index (χ1n) is 8.02. The number of piperazine rings is 1. The molecular weight excluding hydrogens is 393 g/mol. The maximum absolute atomic E-state index is 4.89. The molecule has 1 aromatic heterocycles. The molecule has 7 heteroatoms. The zero-order valence-electron chi connectivity index (χ0n) is 13.2. The topological polar surface area (TPSA) is 56.9 Å². The molecule has 0 spiro atoms. The molecule has 1 aliphatic carbocycles. The minimum atomic E-state index is 0. The van der Waals surface area contributed by atoms with Crippen LogP contribution in [0.5, 0.6) is 0 Å². The van der Waals surface area contributed by atoms with E-state index in [-0.39, 0.29) is 24.0 Å². The van der Waals surface area contributed by atoms with Crippen LogP contribution >= 0.6 is 24.0 Å². The van der Waals surface area contributed by atoms with E-state index < -0.39 is 0 Å². The number of nitrogens with one attached hydrogen (secondary N) is 1. The van der Waals surface area contributed by atoms with Crippen molar-refractivity contribution in [1.82, 2.24) is 20.3 Å². The average Bonchev–Trinajstić information content (AvgIpc) is 2.95. The Balaban J connectivity index is 0.00000176. The van der Waals surface area contributed by atoms with Crippen molar-refractivity contribution in [3.63, 3.8) is 0 Å². The highest BCUT2D eigenvalue weighted by Gasteiger charge is 2.24. The van der Waals surface area contributed by atoms with Crippen molar-refractivity contribution in [2.45, 2.75) is 38.8 Å². The fourth-order valence-corrected chi connectivity index (χ4v) is 2.79. The predicted molar refractivity (Wildman–Crippen MR) is 97.5 cm³/mol. The van der Waals surface area contributed by atoms with E-state index in [9.17, 15) is 0 Å². The first-order chi connectivity index (χ1) is 10.3. The summed E-state index contributed by atoms with van der Waals surface area (Å²) >= 11 is 0. The molecule has 2 heterocycles. The van der Waals surface area contributed by atoms with Crippen molar-refractivity contribution < 1.29 is 4.52 Å². The first kappa shape index (κ1) is 17.5. The quantitative estimate of drug-likeness (QED) is 0.459. The maximum Gasteiger partial charge on any atom is 0.194 e. The van der Waals surface area contributed by atoms with E-state index in [1.165, 1.54) is 19.3 Å². The molecule has 6 nitrogen and oxygen atoms in total. The van der Waals surface area contributed by atoms with Gasteiger partial charge in [0.2, 0.25) is 0 Å². The predicted octanol–water partition coefficient (Wildman–Crippen LogP) is 1.93. The van der Waals surface area contributed by atoms with Crippen LogP contribution in [0.2, 0.25) is 0 Å². The van der Waals surface area contributed by atoms with Gasteiger partial charge >= 0.3 is 0 Å². The molecule has 2 fully saturated rings. The van der Waals surface area contributed by atoms with Gasteiger partial charge in [0.05, 0.1) is 5.69 Å². The third kappa shape index (κ3) is 4.58. The molecule has 0 bridgehead atoms. The fourth-order valence-electron chi connectivity index (χ4n) is 2.79. The smallest absolute Gasteiger partial charge is 0.194 e. The Morgan fingerprint density at radius 3 is 2.68 bits per heavy atom. The summed E-state index contributed by atoms with van der Waals surface area (Å²) in [6.07, 6.45) is 5.56. The molecule has 1 aliphatic heterocycles. The number of hydrogen-bond donors (Lipinski definition) is 1. The van der Waals surface area contributed by atoms with Crippen molar-refractivity contribution in [3.05, 3.63) is 18.0 Å². The van der Waals surface area contributed by atoms with E-state index >= 15 is 0 Å². The molecule has 22 heavy (non-hydrogen) atoms. The molecule has 0 aromatic carbocycles. The van der Waals surface area contributed by atoms with Gasteiger partial charge in [-0.05, 0) is 26.2 Å². The molecule has 1 saturated heterocycles. The van der Waals surface area contributed by atoms with Crippen molar-refractivity contribution >= 4 is 29.9 Å². The highest BCUT2D eigenvalue weighted by atomic mass is 127. The van der Waals surface area contributed by atoms with Gasteiger partial charge in [-0.2, -0.15) is 0 Å². The first-order valence-corrected chi connectivity index (χ1v) is 8.02. The lowest BCUT2D eigenvalue weighted by Crippen LogP contribution is -2.55. The van der Waals surface area contributed by atoms with Crippen LogP contribution in [0.3, 0.4) is 0 Å². The second-order valence-corrected chi connectivity index (χ2v) is 5.82. The molecule has 3 rings (SSSR count). The van der Waals surface area contributed by atoms with E-state index in [2.05, 4.69) is 32.2 Å². The number of rotatable bonds is 4. The van der Waals surface area contributed by atoms with Crippen molar-refractivity contribution in [3.8, 4) is 0 Å². The average molecular weight is 419 g/mol. The lowest BCUT2D eigenvalue weighted by atomic mass is 9.93. The number of aromatic nitrogens is 1. The Morgan fingerprint density at radius 1 is 1.36 bits per heavy atom. The minimum Gasteiger partial charge on any atom is -0.364 e. The van der Waals surface area contributed by atoms with Gasteiger partial charge in [-0.25, -0.2) is 0 Å². The second kappa shape index (κ2) is 8.71. The van der Waals surface area contributed by atoms with Crippen molar-refractivity contribution in [2.75, 3.05) is 32.7 Å². The van der Waals surface area contributed by atoms with E-state index in [0.717, 1.165) is 50.9 Å². The normalized spacial score (nSPS) is 20.4. The summed E-state index contributed by atoms with van der Waals surface area (Å²) in [6, 6.07) is 2.58. The zero-order valence-corrected chi connectivity index (χ0v) is 15.5. The molecule has 0 amide bonds. The highest BCUT2D eigenvalue weighted by Crippen LogP contribution is 2.18. The SMILES string of the molecule is CCN=C(NC1CCC1)N1CCN(Cc2ccon2)CC1.I. The summed E-state index contributed by atoms with van der Waals surface area (Å²) in [6.45, 7) is 7.95. The summed E-state index contributed by atoms with van der Waals surface area (Å²) < 4.78 is 4.89. The second-order valence-electron chi connectivity index (χ2n) is 5.82. The fraction of sp³-hybridized carbons (Fsp3) is 0.733. The largest absolute Gasteiger partial charge is 0.364 e. The van der Waals surface area contributed by atoms with Crippen LogP contribution in [0.1, 0.15) is 31.9 Å². The van der Waals surface area contributed by atoms with E-state index in [0.29, 0.717) is 6.04 Å². The molecule has 1 aromatic rings. The number of halogens is 1. The molecule has 0 unspecified atom stereocenters. The molecule has 0 atom stereocenters. The Bertz CT molecular complexity index is 453. The lowest BCUT2D eigenvalue weighted by Gasteiger charge is -2.38. The monoisotopic (exact) mass is 419 g/mol. The molecule has 124 valence electrons. The minimum absolute atomic E-state index is 0. The van der Waals surface area contributed by atoms with E-state index in [4.69, 9.17) is 4.52 Å². The van der Waals surface area contributed by atoms with Gasteiger partial charge in [0.15, 0.2) is 5.96 Å². The molecular formula is C15H26IN5O. The molecule has 2 aliphatic rings. The Hall–Kier alpha value is -0.830. The number of aliphatic imine (C=N–C) groups is 1. The Morgan fingerprint density at radius 2 is 2.14 bits per heavy atom. The van der Waals surface area contributed by atoms with E-state index in [1.54, 1.807) is 6.26 Å². The summed E-state index contributed by atoms with van der Waals surface area (Å²) in [4.78, 5) is 9.46. The molecule has 0 radical (unpaired) electrons.